The van der Waals surface area contributed by atoms with Crippen LogP contribution in [-0.2, 0) is 19.7 Å². The number of rotatable bonds is 11. The van der Waals surface area contributed by atoms with Gasteiger partial charge in [0, 0.05) is 31.0 Å². The number of nitrogens with one attached hydrogen (secondary N) is 1. The highest BCUT2D eigenvalue weighted by Crippen LogP contribution is 2.30. The van der Waals surface area contributed by atoms with Crippen LogP contribution in [0.2, 0.25) is 0 Å². The summed E-state index contributed by atoms with van der Waals surface area (Å²) < 4.78 is 11.7. The van der Waals surface area contributed by atoms with Crippen LogP contribution in [0.15, 0.2) is 91.3 Å². The number of pyridine rings is 1. The van der Waals surface area contributed by atoms with E-state index in [1.54, 1.807) is 30.6 Å². The standard InChI is InChI=1S/C31H33N3O3/c1-4-36-30-19-26(13-14-29(30)37-22-24-15-17-32-18-16-24)31(35)33-20-27-7-5-6-8-28(27)25-11-9-23(10-12-25)21-34(2)3/h5-19H,4,20-22H2,1-3H3,(H,33,35). The summed E-state index contributed by atoms with van der Waals surface area (Å²) in [4.78, 5) is 19.2. The predicted octanol–water partition coefficient (Wildman–Crippen LogP) is 5.72. The average Bonchev–Trinajstić information content (AvgIpc) is 2.92. The summed E-state index contributed by atoms with van der Waals surface area (Å²) >= 11 is 0. The van der Waals surface area contributed by atoms with Gasteiger partial charge in [-0.05, 0) is 79.2 Å². The van der Waals surface area contributed by atoms with E-state index in [4.69, 9.17) is 9.47 Å². The van der Waals surface area contributed by atoms with Crippen molar-refractivity contribution in [3.63, 3.8) is 0 Å². The number of carbonyl (C=O) groups is 1. The topological polar surface area (TPSA) is 63.7 Å². The molecule has 0 spiro atoms. The molecule has 190 valence electrons. The van der Waals surface area contributed by atoms with Crippen molar-refractivity contribution in [2.24, 2.45) is 0 Å². The second kappa shape index (κ2) is 12.7. The van der Waals surface area contributed by atoms with Crippen LogP contribution in [-0.4, -0.2) is 36.5 Å². The predicted molar refractivity (Wildman–Crippen MR) is 147 cm³/mol. The maximum atomic E-state index is 13.0. The number of carbonyl (C=O) groups excluding carboxylic acids is 1. The Morgan fingerprint density at radius 1 is 0.865 bits per heavy atom. The third kappa shape index (κ3) is 7.18. The molecule has 6 heteroatoms. The van der Waals surface area contributed by atoms with Crippen molar-refractivity contribution in [2.45, 2.75) is 26.6 Å². The first-order valence-corrected chi connectivity index (χ1v) is 12.4. The van der Waals surface area contributed by atoms with Gasteiger partial charge < -0.3 is 19.7 Å². The van der Waals surface area contributed by atoms with Gasteiger partial charge in [0.25, 0.3) is 5.91 Å². The molecule has 0 unspecified atom stereocenters. The Morgan fingerprint density at radius 2 is 1.62 bits per heavy atom. The summed E-state index contributed by atoms with van der Waals surface area (Å²) in [6.07, 6.45) is 3.46. The molecule has 4 aromatic rings. The van der Waals surface area contributed by atoms with Gasteiger partial charge in [-0.15, -0.1) is 0 Å². The zero-order valence-corrected chi connectivity index (χ0v) is 21.6. The van der Waals surface area contributed by atoms with Gasteiger partial charge in [0.15, 0.2) is 11.5 Å². The Morgan fingerprint density at radius 3 is 2.35 bits per heavy atom. The third-order valence-electron chi connectivity index (χ3n) is 5.87. The van der Waals surface area contributed by atoms with Crippen molar-refractivity contribution < 1.29 is 14.3 Å². The van der Waals surface area contributed by atoms with Gasteiger partial charge in [0.1, 0.15) is 6.61 Å². The Balaban J connectivity index is 1.44. The number of ether oxygens (including phenoxy) is 2. The fourth-order valence-corrected chi connectivity index (χ4v) is 4.07. The third-order valence-corrected chi connectivity index (χ3v) is 5.87. The summed E-state index contributed by atoms with van der Waals surface area (Å²) in [6.45, 7) is 4.08. The minimum Gasteiger partial charge on any atom is -0.490 e. The highest BCUT2D eigenvalue weighted by atomic mass is 16.5. The fourth-order valence-electron chi connectivity index (χ4n) is 4.07. The van der Waals surface area contributed by atoms with Crippen LogP contribution in [0.5, 0.6) is 11.5 Å². The number of aromatic nitrogens is 1. The Labute approximate surface area is 218 Å². The smallest absolute Gasteiger partial charge is 0.251 e. The van der Waals surface area contributed by atoms with E-state index in [-0.39, 0.29) is 5.91 Å². The first kappa shape index (κ1) is 25.9. The lowest BCUT2D eigenvalue weighted by atomic mass is 9.98. The molecule has 4 rings (SSSR count). The van der Waals surface area contributed by atoms with Crippen LogP contribution < -0.4 is 14.8 Å². The molecule has 1 amide bonds. The average molecular weight is 496 g/mol. The molecule has 0 atom stereocenters. The Hall–Kier alpha value is -4.16. The number of benzene rings is 3. The molecule has 0 saturated carbocycles. The normalized spacial score (nSPS) is 10.8. The second-order valence-corrected chi connectivity index (χ2v) is 9.01. The molecule has 6 nitrogen and oxygen atoms in total. The first-order chi connectivity index (χ1) is 18.0. The van der Waals surface area contributed by atoms with E-state index in [0.29, 0.717) is 36.8 Å². The Kier molecular flexibility index (Phi) is 8.89. The lowest BCUT2D eigenvalue weighted by molar-refractivity contribution is 0.0950. The molecule has 0 saturated heterocycles. The molecule has 0 fully saturated rings. The van der Waals surface area contributed by atoms with Crippen molar-refractivity contribution in [3.05, 3.63) is 114 Å². The van der Waals surface area contributed by atoms with Crippen molar-refractivity contribution in [1.82, 2.24) is 15.2 Å². The first-order valence-electron chi connectivity index (χ1n) is 12.4. The molecule has 37 heavy (non-hydrogen) atoms. The summed E-state index contributed by atoms with van der Waals surface area (Å²) in [7, 11) is 4.12. The number of hydrogen-bond donors (Lipinski definition) is 1. The van der Waals surface area contributed by atoms with E-state index in [2.05, 4.69) is 59.6 Å². The molecule has 0 bridgehead atoms. The van der Waals surface area contributed by atoms with Gasteiger partial charge in [0.05, 0.1) is 6.61 Å². The summed E-state index contributed by atoms with van der Waals surface area (Å²) in [5, 5.41) is 3.06. The molecular formula is C31H33N3O3. The van der Waals surface area contributed by atoms with E-state index in [1.165, 1.54) is 5.56 Å². The van der Waals surface area contributed by atoms with E-state index < -0.39 is 0 Å². The number of nitrogens with zero attached hydrogens (tertiary/aromatic N) is 2. The summed E-state index contributed by atoms with van der Waals surface area (Å²) in [5.41, 5.74) is 6.07. The van der Waals surface area contributed by atoms with Crippen LogP contribution in [0.4, 0.5) is 0 Å². The van der Waals surface area contributed by atoms with Crippen molar-refractivity contribution in [2.75, 3.05) is 20.7 Å². The number of amides is 1. The van der Waals surface area contributed by atoms with Crippen molar-refractivity contribution >= 4 is 5.91 Å². The van der Waals surface area contributed by atoms with Crippen LogP contribution in [0.25, 0.3) is 11.1 Å². The molecule has 1 aromatic heterocycles. The molecule has 0 aliphatic carbocycles. The van der Waals surface area contributed by atoms with Crippen molar-refractivity contribution in [3.8, 4) is 22.6 Å². The second-order valence-electron chi connectivity index (χ2n) is 9.01. The number of hydrogen-bond acceptors (Lipinski definition) is 5. The quantitative estimate of drug-likeness (QED) is 0.288. The van der Waals surface area contributed by atoms with Gasteiger partial charge >= 0.3 is 0 Å². The van der Waals surface area contributed by atoms with E-state index in [0.717, 1.165) is 28.8 Å². The fraction of sp³-hybridized carbons (Fsp3) is 0.226. The zero-order chi connectivity index (χ0) is 26.0. The molecule has 1 N–H and O–H groups in total. The van der Waals surface area contributed by atoms with Gasteiger partial charge in [-0.1, -0.05) is 48.5 Å². The molecular weight excluding hydrogens is 462 g/mol. The van der Waals surface area contributed by atoms with E-state index >= 15 is 0 Å². The van der Waals surface area contributed by atoms with Crippen LogP contribution in [0.1, 0.15) is 34.0 Å². The molecule has 1 heterocycles. The van der Waals surface area contributed by atoms with E-state index in [9.17, 15) is 4.79 Å². The molecule has 0 radical (unpaired) electrons. The minimum absolute atomic E-state index is 0.169. The monoisotopic (exact) mass is 495 g/mol. The Bertz CT molecular complexity index is 1310. The maximum absolute atomic E-state index is 13.0. The highest BCUT2D eigenvalue weighted by molar-refractivity contribution is 5.95. The largest absolute Gasteiger partial charge is 0.490 e. The molecule has 3 aromatic carbocycles. The molecule has 0 aliphatic heterocycles. The summed E-state index contributed by atoms with van der Waals surface area (Å²) in [5.74, 6) is 0.971. The summed E-state index contributed by atoms with van der Waals surface area (Å²) in [6, 6.07) is 25.8. The minimum atomic E-state index is -0.169. The van der Waals surface area contributed by atoms with Crippen molar-refractivity contribution in [1.29, 1.82) is 0 Å². The van der Waals surface area contributed by atoms with Crippen LogP contribution in [0.3, 0.4) is 0 Å². The molecule has 0 aliphatic rings. The van der Waals surface area contributed by atoms with Crippen LogP contribution >= 0.6 is 0 Å². The maximum Gasteiger partial charge on any atom is 0.251 e. The lowest BCUT2D eigenvalue weighted by Gasteiger charge is -2.15. The van der Waals surface area contributed by atoms with Crippen LogP contribution in [0, 0.1) is 0 Å². The van der Waals surface area contributed by atoms with Gasteiger partial charge in [-0.2, -0.15) is 0 Å². The lowest BCUT2D eigenvalue weighted by Crippen LogP contribution is -2.23. The van der Waals surface area contributed by atoms with Gasteiger partial charge in [-0.3, -0.25) is 9.78 Å². The highest BCUT2D eigenvalue weighted by Gasteiger charge is 2.13. The van der Waals surface area contributed by atoms with E-state index in [1.807, 2.05) is 37.3 Å². The van der Waals surface area contributed by atoms with Gasteiger partial charge in [-0.25, -0.2) is 0 Å². The SMILES string of the molecule is CCOc1cc(C(=O)NCc2ccccc2-c2ccc(CN(C)C)cc2)ccc1OCc1ccncc1. The zero-order valence-electron chi connectivity index (χ0n) is 21.6. The van der Waals surface area contributed by atoms with Gasteiger partial charge in [0.2, 0.25) is 0 Å².